The van der Waals surface area contributed by atoms with Gasteiger partial charge in [-0.1, -0.05) is 53.5 Å². The summed E-state index contributed by atoms with van der Waals surface area (Å²) in [6.45, 7) is 1.02. The Morgan fingerprint density at radius 2 is 1.60 bits per heavy atom. The molecule has 3 aromatic rings. The number of nitrogens with one attached hydrogen (secondary N) is 2. The summed E-state index contributed by atoms with van der Waals surface area (Å²) in [5, 5.41) is 1.37. The van der Waals surface area contributed by atoms with Crippen LogP contribution in [0.15, 0.2) is 72.8 Å². The molecule has 3 aromatic carbocycles. The molecule has 0 aromatic heterocycles. The summed E-state index contributed by atoms with van der Waals surface area (Å²) in [5.41, 5.74) is 9.32. The molecule has 0 amide bonds. The SMILES string of the molecule is Clc1cccc(COc2ccc(Cl)cc2CNNc2ccccc2)c1. The predicted octanol–water partition coefficient (Wildman–Crippen LogP) is 5.69. The third-order valence-electron chi connectivity index (χ3n) is 3.59. The molecule has 2 N–H and O–H groups in total. The van der Waals surface area contributed by atoms with Crippen LogP contribution in [0.5, 0.6) is 5.75 Å². The van der Waals surface area contributed by atoms with Crippen molar-refractivity contribution in [2.75, 3.05) is 5.43 Å². The number of anilines is 1. The lowest BCUT2D eigenvalue weighted by Gasteiger charge is -2.14. The van der Waals surface area contributed by atoms with Gasteiger partial charge in [-0.3, -0.25) is 0 Å². The molecular formula is C20H18Cl2N2O. The van der Waals surface area contributed by atoms with Crippen molar-refractivity contribution >= 4 is 28.9 Å². The van der Waals surface area contributed by atoms with Crippen LogP contribution in [0.3, 0.4) is 0 Å². The van der Waals surface area contributed by atoms with Crippen molar-refractivity contribution in [1.82, 2.24) is 5.43 Å². The molecule has 0 unspecified atom stereocenters. The van der Waals surface area contributed by atoms with E-state index in [1.807, 2.05) is 72.8 Å². The molecule has 0 aliphatic heterocycles. The molecule has 128 valence electrons. The van der Waals surface area contributed by atoms with Crippen molar-refractivity contribution < 1.29 is 4.74 Å². The zero-order valence-corrected chi connectivity index (χ0v) is 15.0. The van der Waals surface area contributed by atoms with E-state index in [4.69, 9.17) is 27.9 Å². The van der Waals surface area contributed by atoms with Gasteiger partial charge in [0, 0.05) is 27.8 Å². The van der Waals surface area contributed by atoms with Gasteiger partial charge in [-0.15, -0.1) is 0 Å². The number of hydrazine groups is 1. The first kappa shape index (κ1) is 17.6. The molecule has 0 bridgehead atoms. The van der Waals surface area contributed by atoms with Crippen molar-refractivity contribution in [3.63, 3.8) is 0 Å². The van der Waals surface area contributed by atoms with Gasteiger partial charge in [0.05, 0.1) is 0 Å². The number of halogens is 2. The number of rotatable bonds is 7. The Bertz CT molecular complexity index is 825. The maximum Gasteiger partial charge on any atom is 0.124 e. The third kappa shape index (κ3) is 5.40. The van der Waals surface area contributed by atoms with Crippen LogP contribution in [0.4, 0.5) is 5.69 Å². The van der Waals surface area contributed by atoms with Crippen molar-refractivity contribution in [3.05, 3.63) is 94.0 Å². The van der Waals surface area contributed by atoms with Crippen LogP contribution in [0.25, 0.3) is 0 Å². The van der Waals surface area contributed by atoms with E-state index in [1.165, 1.54) is 0 Å². The van der Waals surface area contributed by atoms with Gasteiger partial charge in [0.2, 0.25) is 0 Å². The fourth-order valence-corrected chi connectivity index (χ4v) is 2.79. The van der Waals surface area contributed by atoms with Crippen LogP contribution < -0.4 is 15.6 Å². The second-order valence-corrected chi connectivity index (χ2v) is 6.39. The lowest BCUT2D eigenvalue weighted by molar-refractivity contribution is 0.302. The van der Waals surface area contributed by atoms with Gasteiger partial charge in [0.25, 0.3) is 0 Å². The van der Waals surface area contributed by atoms with Crippen LogP contribution in [0.2, 0.25) is 10.0 Å². The zero-order valence-electron chi connectivity index (χ0n) is 13.5. The van der Waals surface area contributed by atoms with E-state index in [0.29, 0.717) is 23.2 Å². The van der Waals surface area contributed by atoms with E-state index in [9.17, 15) is 0 Å². The monoisotopic (exact) mass is 372 g/mol. The smallest absolute Gasteiger partial charge is 0.124 e. The van der Waals surface area contributed by atoms with Crippen molar-refractivity contribution in [3.8, 4) is 5.75 Å². The number of benzene rings is 3. The van der Waals surface area contributed by atoms with Crippen LogP contribution in [0, 0.1) is 0 Å². The average Bonchev–Trinajstić information content (AvgIpc) is 2.62. The second-order valence-electron chi connectivity index (χ2n) is 5.52. The lowest BCUT2D eigenvalue weighted by atomic mass is 10.2. The van der Waals surface area contributed by atoms with Gasteiger partial charge >= 0.3 is 0 Å². The van der Waals surface area contributed by atoms with E-state index < -0.39 is 0 Å². The number of para-hydroxylation sites is 1. The van der Waals surface area contributed by atoms with E-state index in [1.54, 1.807) is 0 Å². The molecule has 0 saturated heterocycles. The fourth-order valence-electron chi connectivity index (χ4n) is 2.38. The van der Waals surface area contributed by atoms with E-state index in [2.05, 4.69) is 10.9 Å². The Morgan fingerprint density at radius 1 is 0.800 bits per heavy atom. The summed E-state index contributed by atoms with van der Waals surface area (Å²) in [6.07, 6.45) is 0. The minimum Gasteiger partial charge on any atom is -0.489 e. The molecule has 0 saturated carbocycles. The van der Waals surface area contributed by atoms with Gasteiger partial charge in [0.1, 0.15) is 12.4 Å². The van der Waals surface area contributed by atoms with Crippen molar-refractivity contribution in [2.24, 2.45) is 0 Å². The minimum absolute atomic E-state index is 0.446. The van der Waals surface area contributed by atoms with E-state index >= 15 is 0 Å². The first-order chi connectivity index (χ1) is 12.2. The Kier molecular flexibility index (Phi) is 6.18. The summed E-state index contributed by atoms with van der Waals surface area (Å²) in [5.74, 6) is 0.784. The Hall–Kier alpha value is -2.20. The summed E-state index contributed by atoms with van der Waals surface area (Å²) >= 11 is 12.1. The maximum atomic E-state index is 6.13. The Labute approximate surface area is 157 Å². The highest BCUT2D eigenvalue weighted by Gasteiger charge is 2.06. The third-order valence-corrected chi connectivity index (χ3v) is 4.06. The average molecular weight is 373 g/mol. The topological polar surface area (TPSA) is 33.3 Å². The van der Waals surface area contributed by atoms with Gasteiger partial charge in [-0.25, -0.2) is 5.43 Å². The molecule has 0 aliphatic rings. The van der Waals surface area contributed by atoms with Crippen molar-refractivity contribution in [2.45, 2.75) is 13.2 Å². The summed E-state index contributed by atoms with van der Waals surface area (Å²) in [7, 11) is 0. The van der Waals surface area contributed by atoms with Crippen LogP contribution in [-0.2, 0) is 13.2 Å². The second kappa shape index (κ2) is 8.77. The molecule has 3 rings (SSSR count). The molecule has 0 aliphatic carbocycles. The van der Waals surface area contributed by atoms with Gasteiger partial charge in [-0.05, 0) is 48.0 Å². The highest BCUT2D eigenvalue weighted by Crippen LogP contribution is 2.24. The summed E-state index contributed by atoms with van der Waals surface area (Å²) < 4.78 is 5.95. The quantitative estimate of drug-likeness (QED) is 0.522. The number of hydrogen-bond donors (Lipinski definition) is 2. The van der Waals surface area contributed by atoms with E-state index in [0.717, 1.165) is 22.6 Å². The summed E-state index contributed by atoms with van der Waals surface area (Å²) in [4.78, 5) is 0. The molecule has 25 heavy (non-hydrogen) atoms. The maximum absolute atomic E-state index is 6.13. The van der Waals surface area contributed by atoms with Gasteiger partial charge < -0.3 is 10.2 Å². The lowest BCUT2D eigenvalue weighted by Crippen LogP contribution is -2.21. The Morgan fingerprint density at radius 3 is 2.40 bits per heavy atom. The molecule has 0 radical (unpaired) electrons. The highest BCUT2D eigenvalue weighted by molar-refractivity contribution is 6.30. The normalized spacial score (nSPS) is 10.5. The van der Waals surface area contributed by atoms with Gasteiger partial charge in [0.15, 0.2) is 0 Å². The summed E-state index contributed by atoms with van der Waals surface area (Å²) in [6, 6.07) is 23.1. The van der Waals surface area contributed by atoms with Crippen LogP contribution in [0.1, 0.15) is 11.1 Å². The molecule has 5 heteroatoms. The standard InChI is InChI=1S/C20H18Cl2N2O/c21-17-6-4-5-15(11-17)14-25-20-10-9-18(22)12-16(20)13-23-24-19-7-2-1-3-8-19/h1-12,23-24H,13-14H2. The first-order valence-electron chi connectivity index (χ1n) is 7.90. The largest absolute Gasteiger partial charge is 0.489 e. The molecule has 3 nitrogen and oxygen atoms in total. The minimum atomic E-state index is 0.446. The molecule has 0 spiro atoms. The van der Waals surface area contributed by atoms with E-state index in [-0.39, 0.29) is 0 Å². The van der Waals surface area contributed by atoms with Crippen LogP contribution >= 0.6 is 23.2 Å². The Balaban J connectivity index is 1.63. The molecule has 0 heterocycles. The molecule has 0 atom stereocenters. The number of hydrogen-bond acceptors (Lipinski definition) is 3. The predicted molar refractivity (Wildman–Crippen MR) is 104 cm³/mol. The number of ether oxygens (including phenoxy) is 1. The fraction of sp³-hybridized carbons (Fsp3) is 0.100. The molecule has 0 fully saturated rings. The van der Waals surface area contributed by atoms with Crippen molar-refractivity contribution in [1.29, 1.82) is 0 Å². The molecular weight excluding hydrogens is 355 g/mol. The van der Waals surface area contributed by atoms with Crippen LogP contribution in [-0.4, -0.2) is 0 Å². The zero-order chi connectivity index (χ0) is 17.5. The highest BCUT2D eigenvalue weighted by atomic mass is 35.5. The first-order valence-corrected chi connectivity index (χ1v) is 8.66. The van der Waals surface area contributed by atoms with Gasteiger partial charge in [-0.2, -0.15) is 0 Å².